The van der Waals surface area contributed by atoms with Gasteiger partial charge < -0.3 is 14.6 Å². The monoisotopic (exact) mass is 498 g/mol. The van der Waals surface area contributed by atoms with Crippen LogP contribution in [0.5, 0.6) is 0 Å². The van der Waals surface area contributed by atoms with Crippen molar-refractivity contribution in [2.24, 2.45) is 0 Å². The smallest absolute Gasteiger partial charge is 0.291 e. The van der Waals surface area contributed by atoms with Gasteiger partial charge in [-0.05, 0) is 73.2 Å². The summed E-state index contributed by atoms with van der Waals surface area (Å²) in [6.07, 6.45) is 9.82. The number of aryl methyl sites for hydroxylation is 1. The molecule has 184 valence electrons. The highest BCUT2D eigenvalue weighted by Gasteiger charge is 2.34. The van der Waals surface area contributed by atoms with Crippen molar-refractivity contribution in [3.8, 4) is 0 Å². The molecule has 6 rings (SSSR count). The first kappa shape index (κ1) is 23.0. The Kier molecular flexibility index (Phi) is 6.57. The third-order valence-corrected chi connectivity index (χ3v) is 8.50. The SMILES string of the molecule is O=C(Nc1sc2c(c1[C@@H](c1ccncc1)N1CCN(c3ccccc3)CC1)CCCC2)c1ccco1. The van der Waals surface area contributed by atoms with E-state index in [1.54, 1.807) is 29.7 Å². The number of amides is 1. The molecule has 1 atom stereocenters. The van der Waals surface area contributed by atoms with Gasteiger partial charge in [0.25, 0.3) is 5.91 Å². The van der Waals surface area contributed by atoms with Crippen LogP contribution in [0.1, 0.15) is 51.0 Å². The minimum absolute atomic E-state index is 0.0657. The van der Waals surface area contributed by atoms with Crippen LogP contribution in [0.15, 0.2) is 77.7 Å². The number of furan rings is 1. The molecule has 4 heterocycles. The Morgan fingerprint density at radius 2 is 1.72 bits per heavy atom. The van der Waals surface area contributed by atoms with Gasteiger partial charge in [-0.25, -0.2) is 0 Å². The first-order valence-corrected chi connectivity index (χ1v) is 13.5. The molecule has 1 fully saturated rings. The van der Waals surface area contributed by atoms with Crippen LogP contribution >= 0.6 is 11.3 Å². The first-order chi connectivity index (χ1) is 17.8. The largest absolute Gasteiger partial charge is 0.459 e. The summed E-state index contributed by atoms with van der Waals surface area (Å²) in [4.78, 5) is 23.8. The zero-order valence-electron chi connectivity index (χ0n) is 20.2. The number of hydrogen-bond donors (Lipinski definition) is 1. The molecule has 1 N–H and O–H groups in total. The number of nitrogens with zero attached hydrogens (tertiary/aromatic N) is 3. The average Bonchev–Trinajstić information content (AvgIpc) is 3.60. The summed E-state index contributed by atoms with van der Waals surface area (Å²) >= 11 is 1.75. The summed E-state index contributed by atoms with van der Waals surface area (Å²) in [5.74, 6) is 0.145. The number of carbonyl (C=O) groups is 1. The molecule has 1 saturated heterocycles. The van der Waals surface area contributed by atoms with Gasteiger partial charge in [-0.1, -0.05) is 18.2 Å². The van der Waals surface area contributed by atoms with Crippen molar-refractivity contribution in [2.45, 2.75) is 31.7 Å². The maximum absolute atomic E-state index is 13.0. The van der Waals surface area contributed by atoms with E-state index in [9.17, 15) is 4.79 Å². The Balaban J connectivity index is 1.36. The van der Waals surface area contributed by atoms with Gasteiger partial charge in [-0.3, -0.25) is 14.7 Å². The number of anilines is 2. The average molecular weight is 499 g/mol. The summed E-state index contributed by atoms with van der Waals surface area (Å²) in [5, 5.41) is 4.18. The number of thiophene rings is 1. The molecule has 1 aliphatic carbocycles. The molecule has 3 aromatic heterocycles. The Labute approximate surface area is 215 Å². The number of hydrogen-bond acceptors (Lipinski definition) is 6. The van der Waals surface area contributed by atoms with Gasteiger partial charge in [0.15, 0.2) is 5.76 Å². The lowest BCUT2D eigenvalue weighted by Gasteiger charge is -2.41. The van der Waals surface area contributed by atoms with E-state index >= 15 is 0 Å². The number of para-hydroxylation sites is 1. The first-order valence-electron chi connectivity index (χ1n) is 12.7. The molecule has 0 unspecified atom stereocenters. The fraction of sp³-hybridized carbons (Fsp3) is 0.310. The molecule has 0 radical (unpaired) electrons. The Bertz CT molecular complexity index is 1300. The van der Waals surface area contributed by atoms with Crippen LogP contribution in [-0.2, 0) is 12.8 Å². The van der Waals surface area contributed by atoms with Crippen LogP contribution in [-0.4, -0.2) is 42.0 Å². The van der Waals surface area contributed by atoms with Crippen molar-refractivity contribution in [1.82, 2.24) is 9.88 Å². The zero-order chi connectivity index (χ0) is 24.3. The standard InChI is InChI=1S/C29H30N4O2S/c34-28(24-10-6-20-35-24)31-29-26(23-9-4-5-11-25(23)36-29)27(21-12-14-30-15-13-21)33-18-16-32(17-19-33)22-7-2-1-3-8-22/h1-3,6-8,10,12-15,20,27H,4-5,9,11,16-19H2,(H,31,34)/t27-/m1/s1. The number of carbonyl (C=O) groups excluding carboxylic acids is 1. The minimum Gasteiger partial charge on any atom is -0.459 e. The zero-order valence-corrected chi connectivity index (χ0v) is 21.0. The van der Waals surface area contributed by atoms with E-state index in [2.05, 4.69) is 62.6 Å². The molecule has 2 aliphatic rings. The second kappa shape index (κ2) is 10.3. The Morgan fingerprint density at radius 1 is 0.944 bits per heavy atom. The van der Waals surface area contributed by atoms with E-state index in [1.165, 1.54) is 40.1 Å². The van der Waals surface area contributed by atoms with E-state index in [1.807, 2.05) is 12.4 Å². The number of aromatic nitrogens is 1. The molecule has 0 saturated carbocycles. The maximum atomic E-state index is 13.0. The van der Waals surface area contributed by atoms with Crippen molar-refractivity contribution in [3.63, 3.8) is 0 Å². The molecule has 6 nitrogen and oxygen atoms in total. The lowest BCUT2D eigenvalue weighted by molar-refractivity contribution is 0.0996. The van der Waals surface area contributed by atoms with Crippen LogP contribution in [0.3, 0.4) is 0 Å². The highest BCUT2D eigenvalue weighted by Crippen LogP contribution is 2.45. The van der Waals surface area contributed by atoms with Gasteiger partial charge in [-0.15, -0.1) is 11.3 Å². The third-order valence-electron chi connectivity index (χ3n) is 7.28. The molecule has 1 aliphatic heterocycles. The summed E-state index contributed by atoms with van der Waals surface area (Å²) in [6.45, 7) is 3.81. The van der Waals surface area contributed by atoms with E-state index in [-0.39, 0.29) is 11.9 Å². The predicted molar refractivity (Wildman–Crippen MR) is 144 cm³/mol. The Morgan fingerprint density at radius 3 is 2.47 bits per heavy atom. The lowest BCUT2D eigenvalue weighted by Crippen LogP contribution is -2.48. The molecule has 4 aromatic rings. The van der Waals surface area contributed by atoms with Gasteiger partial charge in [-0.2, -0.15) is 0 Å². The van der Waals surface area contributed by atoms with Crippen LogP contribution in [0, 0.1) is 0 Å². The molecule has 1 aromatic carbocycles. The number of rotatable bonds is 6. The molecule has 0 spiro atoms. The van der Waals surface area contributed by atoms with Gasteiger partial charge in [0.1, 0.15) is 5.00 Å². The predicted octanol–water partition coefficient (Wildman–Crippen LogP) is 5.78. The van der Waals surface area contributed by atoms with E-state index < -0.39 is 0 Å². The maximum Gasteiger partial charge on any atom is 0.291 e. The van der Waals surface area contributed by atoms with Crippen molar-refractivity contribution in [1.29, 1.82) is 0 Å². The number of fused-ring (bicyclic) bond motifs is 1. The number of benzene rings is 1. The van der Waals surface area contributed by atoms with Crippen molar-refractivity contribution in [3.05, 3.63) is 101 Å². The molecular weight excluding hydrogens is 468 g/mol. The lowest BCUT2D eigenvalue weighted by atomic mass is 9.88. The van der Waals surface area contributed by atoms with Gasteiger partial charge >= 0.3 is 0 Å². The number of piperazine rings is 1. The van der Waals surface area contributed by atoms with Crippen molar-refractivity contribution in [2.75, 3.05) is 36.4 Å². The van der Waals surface area contributed by atoms with Gasteiger partial charge in [0.2, 0.25) is 0 Å². The third kappa shape index (κ3) is 4.56. The second-order valence-corrected chi connectivity index (χ2v) is 10.5. The number of nitrogens with one attached hydrogen (secondary N) is 1. The number of pyridine rings is 1. The minimum atomic E-state index is -0.192. The fourth-order valence-electron chi connectivity index (χ4n) is 5.53. The van der Waals surface area contributed by atoms with E-state index in [4.69, 9.17) is 4.42 Å². The van der Waals surface area contributed by atoms with Gasteiger partial charge in [0, 0.05) is 54.7 Å². The van der Waals surface area contributed by atoms with Crippen LogP contribution < -0.4 is 10.2 Å². The molecule has 1 amide bonds. The van der Waals surface area contributed by atoms with Crippen molar-refractivity contribution >= 4 is 27.9 Å². The highest BCUT2D eigenvalue weighted by atomic mass is 32.1. The fourth-order valence-corrected chi connectivity index (χ4v) is 6.84. The van der Waals surface area contributed by atoms with E-state index in [0.717, 1.165) is 44.0 Å². The summed E-state index contributed by atoms with van der Waals surface area (Å²) in [6, 6.07) is 18.4. The quantitative estimate of drug-likeness (QED) is 0.365. The molecule has 0 bridgehead atoms. The van der Waals surface area contributed by atoms with Crippen molar-refractivity contribution < 1.29 is 9.21 Å². The molecular formula is C29H30N4O2S. The van der Waals surface area contributed by atoms with E-state index in [0.29, 0.717) is 5.76 Å². The summed E-state index contributed by atoms with van der Waals surface area (Å²) in [7, 11) is 0. The molecule has 7 heteroatoms. The highest BCUT2D eigenvalue weighted by molar-refractivity contribution is 7.16. The Hall–Kier alpha value is -3.42. The second-order valence-electron chi connectivity index (χ2n) is 9.43. The normalized spacial score (nSPS) is 16.9. The van der Waals surface area contributed by atoms with Crippen LogP contribution in [0.25, 0.3) is 0 Å². The topological polar surface area (TPSA) is 61.6 Å². The van der Waals surface area contributed by atoms with Gasteiger partial charge in [0.05, 0.1) is 12.3 Å². The molecule has 36 heavy (non-hydrogen) atoms. The summed E-state index contributed by atoms with van der Waals surface area (Å²) in [5.41, 5.74) is 5.18. The van der Waals surface area contributed by atoms with Crippen LogP contribution in [0.2, 0.25) is 0 Å². The van der Waals surface area contributed by atoms with Crippen LogP contribution in [0.4, 0.5) is 10.7 Å². The summed E-state index contributed by atoms with van der Waals surface area (Å²) < 4.78 is 5.39.